The molecule has 1 saturated heterocycles. The number of nitrogens with one attached hydrogen (secondary N) is 1. The summed E-state index contributed by atoms with van der Waals surface area (Å²) in [4.78, 5) is 22.0. The lowest BCUT2D eigenvalue weighted by molar-refractivity contribution is -0.123. The molecule has 0 aromatic heterocycles. The number of carbonyl (C=O) groups excluding carboxylic acids is 2. The molecule has 6 heteroatoms. The van der Waals surface area contributed by atoms with Gasteiger partial charge in [0, 0.05) is 6.42 Å². The van der Waals surface area contributed by atoms with Crippen molar-refractivity contribution < 1.29 is 19.4 Å². The van der Waals surface area contributed by atoms with Crippen LogP contribution in [0.4, 0.5) is 10.5 Å². The molecule has 2 rings (SSSR count). The van der Waals surface area contributed by atoms with Crippen molar-refractivity contribution in [2.75, 3.05) is 5.73 Å². The number of aromatic hydroxyl groups is 1. The van der Waals surface area contributed by atoms with Crippen LogP contribution in [-0.2, 0) is 16.0 Å². The van der Waals surface area contributed by atoms with Gasteiger partial charge in [0.1, 0.15) is 5.75 Å². The maximum atomic E-state index is 11.2. The van der Waals surface area contributed by atoms with Crippen LogP contribution in [0, 0.1) is 0 Å². The molecule has 1 aliphatic heterocycles. The van der Waals surface area contributed by atoms with E-state index >= 15 is 0 Å². The van der Waals surface area contributed by atoms with E-state index in [-0.39, 0.29) is 17.9 Å². The predicted molar refractivity (Wildman–Crippen MR) is 54.6 cm³/mol. The van der Waals surface area contributed by atoms with E-state index in [0.717, 1.165) is 0 Å². The number of phenolic OH excluding ortho intramolecular Hbond substituents is 1. The van der Waals surface area contributed by atoms with E-state index in [2.05, 4.69) is 0 Å². The SMILES string of the molecule is Nc1cc(CC2OC(=O)NC2=O)ccc1O. The van der Waals surface area contributed by atoms with Crippen LogP contribution in [0.3, 0.4) is 0 Å². The highest BCUT2D eigenvalue weighted by Crippen LogP contribution is 2.22. The van der Waals surface area contributed by atoms with Gasteiger partial charge < -0.3 is 15.6 Å². The minimum Gasteiger partial charge on any atom is -0.506 e. The van der Waals surface area contributed by atoms with Crippen molar-refractivity contribution in [3.8, 4) is 5.75 Å². The molecule has 84 valence electrons. The number of rotatable bonds is 2. The number of phenols is 1. The van der Waals surface area contributed by atoms with Crippen molar-refractivity contribution in [3.63, 3.8) is 0 Å². The van der Waals surface area contributed by atoms with Crippen LogP contribution < -0.4 is 11.1 Å². The Morgan fingerprint density at radius 3 is 2.75 bits per heavy atom. The Hall–Kier alpha value is -2.24. The minimum atomic E-state index is -0.823. The molecular formula is C10H10N2O4. The fraction of sp³-hybridized carbons (Fsp3) is 0.200. The first-order valence-electron chi connectivity index (χ1n) is 4.65. The topological polar surface area (TPSA) is 102 Å². The number of nitrogens with two attached hydrogens (primary N) is 1. The summed E-state index contributed by atoms with van der Waals surface area (Å²) in [6.45, 7) is 0. The first kappa shape index (κ1) is 10.3. The largest absolute Gasteiger partial charge is 0.506 e. The van der Waals surface area contributed by atoms with Crippen LogP contribution in [0.15, 0.2) is 18.2 Å². The first-order chi connectivity index (χ1) is 7.56. The predicted octanol–water partition coefficient (Wildman–Crippen LogP) is 0.152. The number of amides is 2. The van der Waals surface area contributed by atoms with Gasteiger partial charge in [-0.05, 0) is 17.7 Å². The van der Waals surface area contributed by atoms with E-state index in [9.17, 15) is 14.7 Å². The average Bonchev–Trinajstić information content (AvgIpc) is 2.51. The molecule has 0 aliphatic carbocycles. The number of alkyl carbamates (subject to hydrolysis) is 1. The van der Waals surface area contributed by atoms with Crippen molar-refractivity contribution >= 4 is 17.7 Å². The number of benzene rings is 1. The number of anilines is 1. The molecule has 0 saturated carbocycles. The van der Waals surface area contributed by atoms with Gasteiger partial charge >= 0.3 is 6.09 Å². The molecule has 0 bridgehead atoms. The first-order valence-corrected chi connectivity index (χ1v) is 4.65. The standard InChI is InChI=1S/C10H10N2O4/c11-6-3-5(1-2-7(6)13)4-8-9(14)12-10(15)16-8/h1-3,8,13H,4,11H2,(H,12,14,15). The number of hydrogen-bond acceptors (Lipinski definition) is 5. The van der Waals surface area contributed by atoms with E-state index in [4.69, 9.17) is 10.5 Å². The molecule has 1 fully saturated rings. The van der Waals surface area contributed by atoms with Crippen LogP contribution in [0.25, 0.3) is 0 Å². The summed E-state index contributed by atoms with van der Waals surface area (Å²) in [5.74, 6) is -0.478. The third-order valence-corrected chi connectivity index (χ3v) is 2.28. The average molecular weight is 222 g/mol. The molecule has 1 atom stereocenters. The highest BCUT2D eigenvalue weighted by Gasteiger charge is 2.32. The van der Waals surface area contributed by atoms with Crippen LogP contribution in [-0.4, -0.2) is 23.2 Å². The van der Waals surface area contributed by atoms with Gasteiger partial charge in [0.2, 0.25) is 0 Å². The van der Waals surface area contributed by atoms with Gasteiger partial charge in [0.15, 0.2) is 6.10 Å². The molecule has 6 nitrogen and oxygen atoms in total. The molecule has 1 heterocycles. The number of imide groups is 1. The third kappa shape index (κ3) is 1.90. The number of nitrogen functional groups attached to an aromatic ring is 1. The molecule has 1 aromatic rings. The number of cyclic esters (lactones) is 1. The highest BCUT2D eigenvalue weighted by atomic mass is 16.6. The Bertz CT molecular complexity index is 458. The second-order valence-corrected chi connectivity index (χ2v) is 3.48. The number of hydrogen-bond donors (Lipinski definition) is 3. The molecular weight excluding hydrogens is 212 g/mol. The van der Waals surface area contributed by atoms with E-state index < -0.39 is 18.1 Å². The summed E-state index contributed by atoms with van der Waals surface area (Å²) in [5.41, 5.74) is 6.44. The second-order valence-electron chi connectivity index (χ2n) is 3.48. The molecule has 0 spiro atoms. The fourth-order valence-electron chi connectivity index (χ4n) is 1.47. The smallest absolute Gasteiger partial charge is 0.414 e. The van der Waals surface area contributed by atoms with Gasteiger partial charge in [-0.3, -0.25) is 10.1 Å². The van der Waals surface area contributed by atoms with Gasteiger partial charge in [0.05, 0.1) is 5.69 Å². The van der Waals surface area contributed by atoms with Crippen molar-refractivity contribution in [2.45, 2.75) is 12.5 Å². The summed E-state index contributed by atoms with van der Waals surface area (Å²) < 4.78 is 4.74. The van der Waals surface area contributed by atoms with Crippen LogP contribution >= 0.6 is 0 Å². The monoisotopic (exact) mass is 222 g/mol. The molecule has 2 amide bonds. The molecule has 1 aromatic carbocycles. The van der Waals surface area contributed by atoms with E-state index in [0.29, 0.717) is 5.56 Å². The van der Waals surface area contributed by atoms with E-state index in [1.807, 2.05) is 5.32 Å². The maximum Gasteiger partial charge on any atom is 0.414 e. The Balaban J connectivity index is 2.12. The van der Waals surface area contributed by atoms with Gasteiger partial charge in [-0.25, -0.2) is 4.79 Å². The Morgan fingerprint density at radius 1 is 1.44 bits per heavy atom. The molecule has 0 radical (unpaired) electrons. The zero-order chi connectivity index (χ0) is 11.7. The lowest BCUT2D eigenvalue weighted by atomic mass is 10.1. The van der Waals surface area contributed by atoms with Crippen LogP contribution in [0.5, 0.6) is 5.75 Å². The zero-order valence-corrected chi connectivity index (χ0v) is 8.27. The fourth-order valence-corrected chi connectivity index (χ4v) is 1.47. The molecule has 16 heavy (non-hydrogen) atoms. The van der Waals surface area contributed by atoms with E-state index in [1.165, 1.54) is 12.1 Å². The van der Waals surface area contributed by atoms with Gasteiger partial charge in [0.25, 0.3) is 5.91 Å². The van der Waals surface area contributed by atoms with Crippen molar-refractivity contribution in [1.29, 1.82) is 0 Å². The minimum absolute atomic E-state index is 0.0170. The zero-order valence-electron chi connectivity index (χ0n) is 8.27. The van der Waals surface area contributed by atoms with Gasteiger partial charge in [-0.15, -0.1) is 0 Å². The van der Waals surface area contributed by atoms with Gasteiger partial charge in [-0.2, -0.15) is 0 Å². The summed E-state index contributed by atoms with van der Waals surface area (Å²) in [7, 11) is 0. The normalized spacial score (nSPS) is 19.4. The highest BCUT2D eigenvalue weighted by molar-refractivity contribution is 6.00. The summed E-state index contributed by atoms with van der Waals surface area (Å²) in [6.07, 6.45) is -1.32. The Morgan fingerprint density at radius 2 is 2.19 bits per heavy atom. The maximum absolute atomic E-state index is 11.2. The van der Waals surface area contributed by atoms with Gasteiger partial charge in [-0.1, -0.05) is 6.07 Å². The van der Waals surface area contributed by atoms with Crippen molar-refractivity contribution in [2.24, 2.45) is 0 Å². The summed E-state index contributed by atoms with van der Waals surface area (Å²) >= 11 is 0. The van der Waals surface area contributed by atoms with Crippen LogP contribution in [0.2, 0.25) is 0 Å². The lowest BCUT2D eigenvalue weighted by Gasteiger charge is -2.07. The summed E-state index contributed by atoms with van der Waals surface area (Å²) in [6, 6.07) is 4.58. The van der Waals surface area contributed by atoms with Crippen molar-refractivity contribution in [3.05, 3.63) is 23.8 Å². The molecule has 1 aliphatic rings. The molecule has 4 N–H and O–H groups in total. The lowest BCUT2D eigenvalue weighted by Crippen LogP contribution is -2.25. The van der Waals surface area contributed by atoms with Crippen molar-refractivity contribution in [1.82, 2.24) is 5.32 Å². The number of carbonyl (C=O) groups is 2. The number of ether oxygens (including phenoxy) is 1. The van der Waals surface area contributed by atoms with E-state index in [1.54, 1.807) is 6.07 Å². The Kier molecular flexibility index (Phi) is 2.40. The van der Waals surface area contributed by atoms with Crippen LogP contribution in [0.1, 0.15) is 5.56 Å². The second kappa shape index (κ2) is 3.73. The quantitative estimate of drug-likeness (QED) is 0.488. The Labute approximate surface area is 91.0 Å². The molecule has 1 unspecified atom stereocenters. The third-order valence-electron chi connectivity index (χ3n) is 2.28. The summed E-state index contributed by atoms with van der Waals surface area (Å²) in [5, 5.41) is 11.2.